The normalized spacial score (nSPS) is 21.6. The first kappa shape index (κ1) is 14.9. The van der Waals surface area contributed by atoms with Crippen LogP contribution in [0.3, 0.4) is 0 Å². The summed E-state index contributed by atoms with van der Waals surface area (Å²) in [5.41, 5.74) is 0.341. The van der Waals surface area contributed by atoms with Crippen LogP contribution in [0.4, 0.5) is 0 Å². The molecule has 0 aromatic carbocycles. The van der Waals surface area contributed by atoms with E-state index in [0.29, 0.717) is 25.0 Å². The van der Waals surface area contributed by atoms with Crippen LogP contribution in [0.25, 0.3) is 0 Å². The lowest BCUT2D eigenvalue weighted by atomic mass is 9.79. The molecule has 0 spiro atoms. The van der Waals surface area contributed by atoms with Crippen LogP contribution in [0.15, 0.2) is 0 Å². The van der Waals surface area contributed by atoms with Crippen LogP contribution in [0.1, 0.15) is 40.0 Å². The van der Waals surface area contributed by atoms with Crippen LogP contribution >= 0.6 is 0 Å². The summed E-state index contributed by atoms with van der Waals surface area (Å²) in [7, 11) is -3.04. The molecule has 0 unspecified atom stereocenters. The first-order chi connectivity index (χ1) is 7.93. The van der Waals surface area contributed by atoms with Gasteiger partial charge in [-0.05, 0) is 24.8 Å². The quantitative estimate of drug-likeness (QED) is 0.737. The van der Waals surface area contributed by atoms with Gasteiger partial charge in [-0.15, -0.1) is 0 Å². The summed E-state index contributed by atoms with van der Waals surface area (Å²) in [4.78, 5) is 0. The Hall–Kier alpha value is -0.130. The number of hydrogen-bond donors (Lipinski definition) is 1. The molecule has 0 aromatic heterocycles. The largest absolute Gasteiger partial charge is 0.316 e. The minimum Gasteiger partial charge on any atom is -0.316 e. The zero-order chi connectivity index (χ0) is 12.9. The molecule has 0 saturated carbocycles. The molecule has 4 nitrogen and oxygen atoms in total. The average Bonchev–Trinajstić information content (AvgIpc) is 2.30. The molecule has 102 valence electrons. The molecule has 1 aliphatic heterocycles. The number of nitrogens with one attached hydrogen (secondary N) is 1. The first-order valence-electron chi connectivity index (χ1n) is 6.62. The highest BCUT2D eigenvalue weighted by atomic mass is 32.2. The van der Waals surface area contributed by atoms with Crippen molar-refractivity contribution in [3.8, 4) is 0 Å². The second-order valence-electron chi connectivity index (χ2n) is 5.23. The standard InChI is InChI=1S/C12H26N2O2S/c1-4-12(3)6-9-14(10-7-12)17(15,16)11-8-13-5-2/h13H,4-11H2,1-3H3. The van der Waals surface area contributed by atoms with Gasteiger partial charge in [-0.1, -0.05) is 27.2 Å². The van der Waals surface area contributed by atoms with Crippen molar-refractivity contribution in [3.05, 3.63) is 0 Å². The molecule has 1 fully saturated rings. The zero-order valence-electron chi connectivity index (χ0n) is 11.3. The molecule has 17 heavy (non-hydrogen) atoms. The summed E-state index contributed by atoms with van der Waals surface area (Å²) < 4.78 is 25.8. The Morgan fingerprint density at radius 2 is 1.82 bits per heavy atom. The molecule has 0 aliphatic carbocycles. The molecule has 1 N–H and O–H groups in total. The van der Waals surface area contributed by atoms with Crippen molar-refractivity contribution in [2.45, 2.75) is 40.0 Å². The van der Waals surface area contributed by atoms with Crippen LogP contribution in [0.2, 0.25) is 0 Å². The van der Waals surface area contributed by atoms with E-state index in [1.807, 2.05) is 6.92 Å². The summed E-state index contributed by atoms with van der Waals surface area (Å²) in [6.45, 7) is 9.20. The molecule has 1 rings (SSSR count). The maximum absolute atomic E-state index is 12.0. The maximum atomic E-state index is 12.0. The smallest absolute Gasteiger partial charge is 0.215 e. The number of hydrogen-bond acceptors (Lipinski definition) is 3. The van der Waals surface area contributed by atoms with E-state index in [1.165, 1.54) is 0 Å². The fourth-order valence-electron chi connectivity index (χ4n) is 2.16. The van der Waals surface area contributed by atoms with Gasteiger partial charge in [0.05, 0.1) is 5.75 Å². The minimum absolute atomic E-state index is 0.226. The highest BCUT2D eigenvalue weighted by Crippen LogP contribution is 2.34. The second kappa shape index (κ2) is 6.16. The molecule has 0 radical (unpaired) electrons. The summed E-state index contributed by atoms with van der Waals surface area (Å²) in [6, 6.07) is 0. The van der Waals surface area contributed by atoms with Gasteiger partial charge in [-0.2, -0.15) is 0 Å². The maximum Gasteiger partial charge on any atom is 0.215 e. The molecule has 0 bridgehead atoms. The van der Waals surface area contributed by atoms with Gasteiger partial charge in [0.25, 0.3) is 0 Å². The summed E-state index contributed by atoms with van der Waals surface area (Å²) in [5.74, 6) is 0.226. The highest BCUT2D eigenvalue weighted by Gasteiger charge is 2.33. The molecular formula is C12H26N2O2S. The number of rotatable bonds is 6. The monoisotopic (exact) mass is 262 g/mol. The zero-order valence-corrected chi connectivity index (χ0v) is 12.1. The Morgan fingerprint density at radius 1 is 1.24 bits per heavy atom. The van der Waals surface area contributed by atoms with Gasteiger partial charge >= 0.3 is 0 Å². The number of sulfonamides is 1. The van der Waals surface area contributed by atoms with Crippen molar-refractivity contribution in [3.63, 3.8) is 0 Å². The molecule has 0 atom stereocenters. The van der Waals surface area contributed by atoms with Gasteiger partial charge in [0.2, 0.25) is 10.0 Å². The van der Waals surface area contributed by atoms with Crippen LogP contribution in [-0.2, 0) is 10.0 Å². The lowest BCUT2D eigenvalue weighted by Gasteiger charge is -2.38. The van der Waals surface area contributed by atoms with Crippen LogP contribution < -0.4 is 5.32 Å². The van der Waals surface area contributed by atoms with Crippen LogP contribution in [-0.4, -0.2) is 44.7 Å². The predicted molar refractivity (Wildman–Crippen MR) is 71.5 cm³/mol. The average molecular weight is 262 g/mol. The SMILES string of the molecule is CCNCCS(=O)(=O)N1CCC(C)(CC)CC1. The third-order valence-electron chi connectivity index (χ3n) is 3.96. The molecule has 1 aliphatic rings. The van der Waals surface area contributed by atoms with Crippen molar-refractivity contribution in [1.82, 2.24) is 9.62 Å². The van der Waals surface area contributed by atoms with Crippen molar-refractivity contribution < 1.29 is 8.42 Å². The molecule has 0 amide bonds. The summed E-state index contributed by atoms with van der Waals surface area (Å²) in [6.07, 6.45) is 3.12. The fourth-order valence-corrected chi connectivity index (χ4v) is 3.56. The molecule has 5 heteroatoms. The molecular weight excluding hydrogens is 236 g/mol. The lowest BCUT2D eigenvalue weighted by Crippen LogP contribution is -2.44. The summed E-state index contributed by atoms with van der Waals surface area (Å²) >= 11 is 0. The number of piperidine rings is 1. The van der Waals surface area contributed by atoms with Crippen molar-refractivity contribution >= 4 is 10.0 Å². The Labute approximate surface area is 106 Å². The Balaban J connectivity index is 2.47. The highest BCUT2D eigenvalue weighted by molar-refractivity contribution is 7.89. The Morgan fingerprint density at radius 3 is 2.29 bits per heavy atom. The van der Waals surface area contributed by atoms with Gasteiger partial charge in [0.1, 0.15) is 0 Å². The van der Waals surface area contributed by atoms with E-state index in [0.717, 1.165) is 25.8 Å². The van der Waals surface area contributed by atoms with Gasteiger partial charge < -0.3 is 5.32 Å². The van der Waals surface area contributed by atoms with E-state index in [4.69, 9.17) is 0 Å². The molecule has 1 saturated heterocycles. The Kier molecular flexibility index (Phi) is 5.41. The number of nitrogens with zero attached hydrogens (tertiary/aromatic N) is 1. The van der Waals surface area contributed by atoms with Gasteiger partial charge in [-0.3, -0.25) is 0 Å². The van der Waals surface area contributed by atoms with Crippen LogP contribution in [0, 0.1) is 5.41 Å². The second-order valence-corrected chi connectivity index (χ2v) is 7.32. The van der Waals surface area contributed by atoms with E-state index in [9.17, 15) is 8.42 Å². The fraction of sp³-hybridized carbons (Fsp3) is 1.00. The van der Waals surface area contributed by atoms with Crippen molar-refractivity contribution in [2.24, 2.45) is 5.41 Å². The van der Waals surface area contributed by atoms with Gasteiger partial charge in [0, 0.05) is 19.6 Å². The van der Waals surface area contributed by atoms with Crippen molar-refractivity contribution in [1.29, 1.82) is 0 Å². The molecule has 0 aromatic rings. The van der Waals surface area contributed by atoms with E-state index in [2.05, 4.69) is 19.2 Å². The minimum atomic E-state index is -3.04. The van der Waals surface area contributed by atoms with Crippen LogP contribution in [0.5, 0.6) is 0 Å². The third-order valence-corrected chi connectivity index (χ3v) is 5.84. The Bertz CT molecular complexity index is 319. The third kappa shape index (κ3) is 4.23. The van der Waals surface area contributed by atoms with Gasteiger partial charge in [0.15, 0.2) is 0 Å². The summed E-state index contributed by atoms with van der Waals surface area (Å²) in [5, 5.41) is 3.07. The van der Waals surface area contributed by atoms with Gasteiger partial charge in [-0.25, -0.2) is 12.7 Å². The van der Waals surface area contributed by atoms with E-state index in [-0.39, 0.29) is 5.75 Å². The van der Waals surface area contributed by atoms with Crippen molar-refractivity contribution in [2.75, 3.05) is 31.9 Å². The first-order valence-corrected chi connectivity index (χ1v) is 8.23. The molecule has 1 heterocycles. The van der Waals surface area contributed by atoms with E-state index >= 15 is 0 Å². The lowest BCUT2D eigenvalue weighted by molar-refractivity contribution is 0.169. The topological polar surface area (TPSA) is 49.4 Å². The van der Waals surface area contributed by atoms with E-state index < -0.39 is 10.0 Å². The van der Waals surface area contributed by atoms with E-state index in [1.54, 1.807) is 4.31 Å². The predicted octanol–water partition coefficient (Wildman–Crippen LogP) is 1.44.